The Hall–Kier alpha value is -3.10. The number of carbonyl (C=O) groups is 2. The van der Waals surface area contributed by atoms with Gasteiger partial charge >= 0.3 is 0 Å². The molecule has 9 heteroatoms. The average molecular weight is 470 g/mol. The number of anilines is 1. The minimum Gasteiger partial charge on any atom is -0.345 e. The summed E-state index contributed by atoms with van der Waals surface area (Å²) in [5, 5.41) is 15.3. The van der Waals surface area contributed by atoms with Gasteiger partial charge < -0.3 is 15.2 Å². The average Bonchev–Trinajstić information content (AvgIpc) is 3.15. The molecular weight excluding hydrogens is 446 g/mol. The van der Waals surface area contributed by atoms with Crippen LogP contribution in [0.4, 0.5) is 5.69 Å². The van der Waals surface area contributed by atoms with E-state index in [0.29, 0.717) is 28.1 Å². The molecule has 7 nitrogen and oxygen atoms in total. The Morgan fingerprint density at radius 2 is 1.91 bits per heavy atom. The molecule has 0 spiro atoms. The Kier molecular flexibility index (Phi) is 8.08. The molecule has 1 heterocycles. The van der Waals surface area contributed by atoms with Crippen LogP contribution in [0.1, 0.15) is 27.3 Å². The minimum atomic E-state index is -0.239. The maximum absolute atomic E-state index is 12.4. The summed E-state index contributed by atoms with van der Waals surface area (Å²) >= 11 is 7.15. The second kappa shape index (κ2) is 11.0. The van der Waals surface area contributed by atoms with Crippen molar-refractivity contribution >= 4 is 40.9 Å². The zero-order valence-electron chi connectivity index (χ0n) is 17.9. The lowest BCUT2D eigenvalue weighted by Gasteiger charge is -2.10. The Morgan fingerprint density at radius 3 is 2.62 bits per heavy atom. The fourth-order valence-corrected chi connectivity index (χ4v) is 3.81. The van der Waals surface area contributed by atoms with Crippen molar-refractivity contribution < 1.29 is 9.59 Å². The molecule has 3 aromatic rings. The van der Waals surface area contributed by atoms with Crippen LogP contribution in [0.2, 0.25) is 5.02 Å². The van der Waals surface area contributed by atoms with E-state index >= 15 is 0 Å². The first-order valence-electron chi connectivity index (χ1n) is 9.94. The van der Waals surface area contributed by atoms with Gasteiger partial charge in [-0.1, -0.05) is 41.6 Å². The second-order valence-corrected chi connectivity index (χ2v) is 8.52. The summed E-state index contributed by atoms with van der Waals surface area (Å²) in [6.45, 7) is 8.36. The highest BCUT2D eigenvalue weighted by molar-refractivity contribution is 7.99. The Balaban J connectivity index is 1.61. The number of aryl methyl sites for hydroxylation is 2. The quantitative estimate of drug-likeness (QED) is 0.358. The first kappa shape index (κ1) is 23.6. The maximum Gasteiger partial charge on any atom is 0.251 e. The van der Waals surface area contributed by atoms with Crippen LogP contribution in [0.25, 0.3) is 0 Å². The molecule has 0 aliphatic rings. The van der Waals surface area contributed by atoms with Gasteiger partial charge in [-0.25, -0.2) is 0 Å². The summed E-state index contributed by atoms with van der Waals surface area (Å²) < 4.78 is 1.82. The molecular formula is C23H24ClN5O2S. The Labute approximate surface area is 196 Å². The van der Waals surface area contributed by atoms with E-state index in [2.05, 4.69) is 27.4 Å². The van der Waals surface area contributed by atoms with E-state index in [-0.39, 0.29) is 24.1 Å². The molecule has 0 aliphatic heterocycles. The number of aromatic nitrogens is 3. The first-order valence-corrected chi connectivity index (χ1v) is 11.3. The predicted octanol–water partition coefficient (Wildman–Crippen LogP) is 4.40. The first-order chi connectivity index (χ1) is 15.4. The summed E-state index contributed by atoms with van der Waals surface area (Å²) in [5.74, 6) is 0.385. The van der Waals surface area contributed by atoms with Gasteiger partial charge in [0.25, 0.3) is 5.91 Å². The van der Waals surface area contributed by atoms with Gasteiger partial charge in [0, 0.05) is 22.8 Å². The number of hydrogen-bond acceptors (Lipinski definition) is 5. The van der Waals surface area contributed by atoms with Crippen LogP contribution in [0.15, 0.2) is 60.3 Å². The van der Waals surface area contributed by atoms with E-state index in [4.69, 9.17) is 11.6 Å². The molecule has 0 saturated heterocycles. The number of thioether (sulfide) groups is 1. The summed E-state index contributed by atoms with van der Waals surface area (Å²) in [6.07, 6.45) is 1.72. The molecule has 0 aliphatic carbocycles. The molecule has 2 N–H and O–H groups in total. The molecule has 0 fully saturated rings. The predicted molar refractivity (Wildman–Crippen MR) is 128 cm³/mol. The minimum absolute atomic E-state index is 0.130. The third-order valence-corrected chi connectivity index (χ3v) is 5.84. The molecule has 1 aromatic heterocycles. The SMILES string of the molecule is C=CCn1c(CNC(=O)c2ccc(Cl)cc2)nnc1SCC(=O)Nc1cc(C)ccc1C. The second-order valence-electron chi connectivity index (χ2n) is 7.14. The van der Waals surface area contributed by atoms with E-state index < -0.39 is 0 Å². The van der Waals surface area contributed by atoms with Gasteiger partial charge in [-0.05, 0) is 55.3 Å². The highest BCUT2D eigenvalue weighted by atomic mass is 35.5. The highest BCUT2D eigenvalue weighted by Crippen LogP contribution is 2.20. The van der Waals surface area contributed by atoms with Crippen molar-refractivity contribution in [2.45, 2.75) is 32.1 Å². The van der Waals surface area contributed by atoms with Gasteiger partial charge in [-0.3, -0.25) is 9.59 Å². The summed E-state index contributed by atoms with van der Waals surface area (Å²) in [5.41, 5.74) is 3.38. The van der Waals surface area contributed by atoms with Crippen LogP contribution in [0.5, 0.6) is 0 Å². The molecule has 0 radical (unpaired) electrons. The van der Waals surface area contributed by atoms with Crippen molar-refractivity contribution in [2.24, 2.45) is 0 Å². The normalized spacial score (nSPS) is 10.6. The van der Waals surface area contributed by atoms with Crippen LogP contribution >= 0.6 is 23.4 Å². The van der Waals surface area contributed by atoms with Crippen molar-refractivity contribution in [1.29, 1.82) is 0 Å². The van der Waals surface area contributed by atoms with Gasteiger partial charge in [-0.15, -0.1) is 16.8 Å². The number of benzene rings is 2. The monoisotopic (exact) mass is 469 g/mol. The third kappa shape index (κ3) is 6.21. The van der Waals surface area contributed by atoms with Crippen LogP contribution in [-0.4, -0.2) is 32.3 Å². The Morgan fingerprint density at radius 1 is 1.16 bits per heavy atom. The van der Waals surface area contributed by atoms with Gasteiger partial charge in [0.15, 0.2) is 11.0 Å². The van der Waals surface area contributed by atoms with Crippen molar-refractivity contribution in [2.75, 3.05) is 11.1 Å². The molecule has 0 atom stereocenters. The lowest BCUT2D eigenvalue weighted by molar-refractivity contribution is -0.113. The summed E-state index contributed by atoms with van der Waals surface area (Å²) in [4.78, 5) is 24.8. The van der Waals surface area contributed by atoms with Crippen LogP contribution in [0, 0.1) is 13.8 Å². The summed E-state index contributed by atoms with van der Waals surface area (Å²) in [7, 11) is 0. The topological polar surface area (TPSA) is 88.9 Å². The largest absolute Gasteiger partial charge is 0.345 e. The van der Waals surface area contributed by atoms with Crippen molar-refractivity contribution in [1.82, 2.24) is 20.1 Å². The van der Waals surface area contributed by atoms with E-state index in [9.17, 15) is 9.59 Å². The van der Waals surface area contributed by atoms with Gasteiger partial charge in [-0.2, -0.15) is 0 Å². The van der Waals surface area contributed by atoms with Gasteiger partial charge in [0.05, 0.1) is 12.3 Å². The number of nitrogens with one attached hydrogen (secondary N) is 2. The number of allylic oxidation sites excluding steroid dienone is 1. The van der Waals surface area contributed by atoms with Crippen LogP contribution in [-0.2, 0) is 17.9 Å². The number of halogens is 1. The fourth-order valence-electron chi connectivity index (χ4n) is 2.92. The third-order valence-electron chi connectivity index (χ3n) is 4.62. The standard InChI is InChI=1S/C23H24ClN5O2S/c1-4-11-29-20(13-25-22(31)17-7-9-18(24)10-8-17)27-28-23(29)32-14-21(30)26-19-12-15(2)5-6-16(19)3/h4-10,12H,1,11,13-14H2,2-3H3,(H,25,31)(H,26,30). The number of hydrogen-bond donors (Lipinski definition) is 2. The molecule has 2 amide bonds. The zero-order valence-corrected chi connectivity index (χ0v) is 19.5. The zero-order chi connectivity index (χ0) is 23.1. The lowest BCUT2D eigenvalue weighted by atomic mass is 10.1. The van der Waals surface area contributed by atoms with Gasteiger partial charge in [0.1, 0.15) is 0 Å². The van der Waals surface area contributed by atoms with Crippen LogP contribution in [0.3, 0.4) is 0 Å². The number of rotatable bonds is 9. The maximum atomic E-state index is 12.4. The molecule has 0 unspecified atom stereocenters. The molecule has 2 aromatic carbocycles. The molecule has 0 bridgehead atoms. The van der Waals surface area contributed by atoms with E-state index in [1.165, 1.54) is 11.8 Å². The van der Waals surface area contributed by atoms with Crippen molar-refractivity contribution in [3.63, 3.8) is 0 Å². The number of nitrogens with zero attached hydrogens (tertiary/aromatic N) is 3. The Bertz CT molecular complexity index is 1130. The van der Waals surface area contributed by atoms with Crippen molar-refractivity contribution in [3.05, 3.63) is 82.7 Å². The van der Waals surface area contributed by atoms with Crippen molar-refractivity contribution in [3.8, 4) is 0 Å². The number of amides is 2. The van der Waals surface area contributed by atoms with E-state index in [1.807, 2.05) is 36.6 Å². The van der Waals surface area contributed by atoms with E-state index in [0.717, 1.165) is 16.8 Å². The lowest BCUT2D eigenvalue weighted by Crippen LogP contribution is -2.24. The molecule has 0 saturated carbocycles. The van der Waals surface area contributed by atoms with Crippen LogP contribution < -0.4 is 10.6 Å². The van der Waals surface area contributed by atoms with Gasteiger partial charge in [0.2, 0.25) is 5.91 Å². The molecule has 3 rings (SSSR count). The smallest absolute Gasteiger partial charge is 0.251 e. The molecule has 166 valence electrons. The van der Waals surface area contributed by atoms with E-state index in [1.54, 1.807) is 30.3 Å². The fraction of sp³-hybridized carbons (Fsp3) is 0.217. The molecule has 32 heavy (non-hydrogen) atoms. The number of carbonyl (C=O) groups excluding carboxylic acids is 2. The highest BCUT2D eigenvalue weighted by Gasteiger charge is 2.15. The summed E-state index contributed by atoms with van der Waals surface area (Å²) in [6, 6.07) is 12.6.